The van der Waals surface area contributed by atoms with Crippen LogP contribution < -0.4 is 5.32 Å². The van der Waals surface area contributed by atoms with Crippen molar-refractivity contribution < 1.29 is 23.1 Å². The molecule has 1 aromatic heterocycles. The minimum Gasteiger partial charge on any atom is -0.478 e. The average molecular weight is 262 g/mol. The van der Waals surface area contributed by atoms with Gasteiger partial charge in [-0.3, -0.25) is 0 Å². The molecule has 0 saturated carbocycles. The summed E-state index contributed by atoms with van der Waals surface area (Å²) in [6.45, 7) is 2.95. The van der Waals surface area contributed by atoms with Crippen LogP contribution >= 0.6 is 0 Å². The Morgan fingerprint density at radius 1 is 1.50 bits per heavy atom. The molecule has 2 N–H and O–H groups in total. The third kappa shape index (κ3) is 4.23. The van der Waals surface area contributed by atoms with Crippen LogP contribution in [-0.2, 0) is 0 Å². The van der Waals surface area contributed by atoms with Crippen molar-refractivity contribution in [3.05, 3.63) is 23.4 Å². The Balaban J connectivity index is 2.89. The van der Waals surface area contributed by atoms with Crippen molar-refractivity contribution in [2.24, 2.45) is 0 Å². The van der Waals surface area contributed by atoms with E-state index in [1.807, 2.05) is 0 Å². The van der Waals surface area contributed by atoms with Crippen molar-refractivity contribution >= 4 is 11.8 Å². The average Bonchev–Trinajstić information content (AvgIpc) is 2.13. The van der Waals surface area contributed by atoms with Crippen LogP contribution in [0.3, 0.4) is 0 Å². The number of aromatic carboxylic acids is 1. The van der Waals surface area contributed by atoms with E-state index in [4.69, 9.17) is 5.11 Å². The minimum absolute atomic E-state index is 0.0424. The highest BCUT2D eigenvalue weighted by atomic mass is 19.4. The number of nitrogens with one attached hydrogen (secondary N) is 1. The smallest absolute Gasteiger partial charge is 0.391 e. The molecule has 18 heavy (non-hydrogen) atoms. The fourth-order valence-corrected chi connectivity index (χ4v) is 1.47. The lowest BCUT2D eigenvalue weighted by atomic mass is 10.2. The van der Waals surface area contributed by atoms with E-state index in [1.165, 1.54) is 19.1 Å². The van der Waals surface area contributed by atoms with E-state index >= 15 is 0 Å². The Hall–Kier alpha value is -1.79. The number of nitrogens with zero attached hydrogens (tertiary/aromatic N) is 1. The maximum Gasteiger partial charge on any atom is 0.391 e. The van der Waals surface area contributed by atoms with Gasteiger partial charge in [-0.05, 0) is 26.0 Å². The third-order valence-electron chi connectivity index (χ3n) is 2.19. The zero-order valence-corrected chi connectivity index (χ0v) is 9.88. The molecule has 1 aromatic rings. The van der Waals surface area contributed by atoms with Crippen LogP contribution in [0.1, 0.15) is 29.4 Å². The minimum atomic E-state index is -4.31. The molecule has 1 rings (SSSR count). The van der Waals surface area contributed by atoms with Crippen molar-refractivity contribution in [2.45, 2.75) is 32.5 Å². The first kappa shape index (κ1) is 14.3. The summed E-state index contributed by atoms with van der Waals surface area (Å²) < 4.78 is 36.5. The summed E-state index contributed by atoms with van der Waals surface area (Å²) in [5.41, 5.74) is 0.385. The maximum atomic E-state index is 12.2. The molecule has 0 spiro atoms. The first-order valence-electron chi connectivity index (χ1n) is 5.23. The SMILES string of the molecule is Cc1ccc(C(=O)O)c(NC(C)CC(F)(F)F)n1. The highest BCUT2D eigenvalue weighted by molar-refractivity contribution is 5.93. The lowest BCUT2D eigenvalue weighted by molar-refractivity contribution is -0.136. The van der Waals surface area contributed by atoms with Gasteiger partial charge in [-0.15, -0.1) is 0 Å². The zero-order chi connectivity index (χ0) is 13.9. The van der Waals surface area contributed by atoms with Crippen LogP contribution in [0.15, 0.2) is 12.1 Å². The monoisotopic (exact) mass is 262 g/mol. The Morgan fingerprint density at radius 3 is 2.61 bits per heavy atom. The van der Waals surface area contributed by atoms with Crippen LogP contribution in [0.2, 0.25) is 0 Å². The van der Waals surface area contributed by atoms with Gasteiger partial charge in [0.1, 0.15) is 11.4 Å². The second-order valence-electron chi connectivity index (χ2n) is 4.02. The fourth-order valence-electron chi connectivity index (χ4n) is 1.47. The number of carboxylic acid groups (broad SMARTS) is 1. The molecule has 0 aliphatic rings. The van der Waals surface area contributed by atoms with E-state index in [2.05, 4.69) is 10.3 Å². The molecule has 1 heterocycles. The van der Waals surface area contributed by atoms with Gasteiger partial charge in [-0.1, -0.05) is 0 Å². The van der Waals surface area contributed by atoms with Gasteiger partial charge < -0.3 is 10.4 Å². The number of halogens is 3. The lowest BCUT2D eigenvalue weighted by Crippen LogP contribution is -2.25. The summed E-state index contributed by atoms with van der Waals surface area (Å²) in [4.78, 5) is 14.8. The number of hydrogen-bond acceptors (Lipinski definition) is 3. The molecule has 7 heteroatoms. The number of aryl methyl sites for hydroxylation is 1. The van der Waals surface area contributed by atoms with Gasteiger partial charge in [0.15, 0.2) is 0 Å². The van der Waals surface area contributed by atoms with E-state index in [0.29, 0.717) is 5.69 Å². The standard InChI is InChI=1S/C11H13F3N2O2/c1-6-3-4-8(10(17)18)9(15-6)16-7(2)5-11(12,13)14/h3-4,7H,5H2,1-2H3,(H,15,16)(H,17,18). The van der Waals surface area contributed by atoms with Crippen LogP contribution in [0.25, 0.3) is 0 Å². The third-order valence-corrected chi connectivity index (χ3v) is 2.19. The molecular formula is C11H13F3N2O2. The lowest BCUT2D eigenvalue weighted by Gasteiger charge is -2.17. The molecule has 0 amide bonds. The Kier molecular flexibility index (Phi) is 4.15. The largest absolute Gasteiger partial charge is 0.478 e. The summed E-state index contributed by atoms with van der Waals surface area (Å²) in [5.74, 6) is -1.27. The normalized spacial score (nSPS) is 13.2. The van der Waals surface area contributed by atoms with Crippen molar-refractivity contribution in [3.63, 3.8) is 0 Å². The maximum absolute atomic E-state index is 12.2. The highest BCUT2D eigenvalue weighted by Crippen LogP contribution is 2.24. The van der Waals surface area contributed by atoms with Gasteiger partial charge in [-0.25, -0.2) is 9.78 Å². The highest BCUT2D eigenvalue weighted by Gasteiger charge is 2.30. The van der Waals surface area contributed by atoms with Crippen molar-refractivity contribution in [3.8, 4) is 0 Å². The second-order valence-corrected chi connectivity index (χ2v) is 4.02. The molecule has 1 unspecified atom stereocenters. The Bertz CT molecular complexity index is 446. The number of hydrogen-bond donors (Lipinski definition) is 2. The predicted octanol–water partition coefficient (Wildman–Crippen LogP) is 2.84. The first-order chi connectivity index (χ1) is 8.19. The van der Waals surface area contributed by atoms with E-state index in [9.17, 15) is 18.0 Å². The summed E-state index contributed by atoms with van der Waals surface area (Å²) >= 11 is 0. The number of pyridine rings is 1. The summed E-state index contributed by atoms with van der Waals surface area (Å²) in [6.07, 6.45) is -5.36. The quantitative estimate of drug-likeness (QED) is 0.875. The summed E-state index contributed by atoms with van der Waals surface area (Å²) in [7, 11) is 0. The van der Waals surface area contributed by atoms with Crippen LogP contribution in [0.4, 0.5) is 19.0 Å². The fraction of sp³-hybridized carbons (Fsp3) is 0.455. The second kappa shape index (κ2) is 5.24. The molecule has 100 valence electrons. The van der Waals surface area contributed by atoms with Crippen LogP contribution in [0.5, 0.6) is 0 Å². The van der Waals surface area contributed by atoms with E-state index in [-0.39, 0.29) is 11.4 Å². The van der Waals surface area contributed by atoms with Crippen molar-refractivity contribution in [2.75, 3.05) is 5.32 Å². The zero-order valence-electron chi connectivity index (χ0n) is 9.88. The van der Waals surface area contributed by atoms with Gasteiger partial charge >= 0.3 is 12.1 Å². The van der Waals surface area contributed by atoms with E-state index < -0.39 is 24.6 Å². The number of alkyl halides is 3. The number of aromatic nitrogens is 1. The van der Waals surface area contributed by atoms with E-state index in [0.717, 1.165) is 0 Å². The summed E-state index contributed by atoms with van der Waals surface area (Å²) in [6, 6.07) is 1.86. The molecule has 0 fully saturated rings. The molecule has 0 aromatic carbocycles. The molecule has 0 aliphatic carbocycles. The Labute approximate surface area is 102 Å². The molecule has 0 radical (unpaired) electrons. The molecule has 0 aliphatic heterocycles. The topological polar surface area (TPSA) is 62.2 Å². The van der Waals surface area contributed by atoms with Crippen molar-refractivity contribution in [1.29, 1.82) is 0 Å². The molecule has 0 saturated heterocycles. The van der Waals surface area contributed by atoms with Crippen LogP contribution in [-0.4, -0.2) is 28.3 Å². The first-order valence-corrected chi connectivity index (χ1v) is 5.23. The molecular weight excluding hydrogens is 249 g/mol. The number of anilines is 1. The number of carboxylic acids is 1. The molecule has 0 bridgehead atoms. The van der Waals surface area contributed by atoms with Gasteiger partial charge in [0.05, 0.1) is 6.42 Å². The predicted molar refractivity (Wildman–Crippen MR) is 59.7 cm³/mol. The van der Waals surface area contributed by atoms with Gasteiger partial charge in [0.25, 0.3) is 0 Å². The Morgan fingerprint density at radius 2 is 2.11 bits per heavy atom. The molecule has 4 nitrogen and oxygen atoms in total. The van der Waals surface area contributed by atoms with Gasteiger partial charge in [0.2, 0.25) is 0 Å². The molecule has 1 atom stereocenters. The van der Waals surface area contributed by atoms with E-state index in [1.54, 1.807) is 6.92 Å². The van der Waals surface area contributed by atoms with Gasteiger partial charge in [0, 0.05) is 11.7 Å². The number of rotatable bonds is 4. The summed E-state index contributed by atoms with van der Waals surface area (Å²) in [5, 5.41) is 11.4. The number of carbonyl (C=O) groups is 1. The van der Waals surface area contributed by atoms with Crippen molar-refractivity contribution in [1.82, 2.24) is 4.98 Å². The van der Waals surface area contributed by atoms with Gasteiger partial charge in [-0.2, -0.15) is 13.2 Å². The van der Waals surface area contributed by atoms with Crippen LogP contribution in [0, 0.1) is 6.92 Å².